The number of aromatic nitrogens is 1. The molecule has 2 rings (SSSR count). The second-order valence-electron chi connectivity index (χ2n) is 3.33. The Morgan fingerprint density at radius 1 is 1.19 bits per heavy atom. The molecule has 0 aliphatic carbocycles. The third-order valence-corrected chi connectivity index (χ3v) is 2.41. The van der Waals surface area contributed by atoms with E-state index in [1.807, 2.05) is 12.1 Å². The molecule has 0 aliphatic rings. The first kappa shape index (κ1) is 10.7. The van der Waals surface area contributed by atoms with Gasteiger partial charge >= 0.3 is 0 Å². The molecule has 1 heterocycles. The maximum absolute atomic E-state index is 11.6. The molecular weight excluding hydrogens is 222 g/mol. The molecule has 80 valence electrons. The largest absolute Gasteiger partial charge is 0.359 e. The number of nitrogens with one attached hydrogen (secondary N) is 1. The number of hydrogen-bond acceptors (Lipinski definition) is 1. The monoisotopic (exact) mass is 231 g/mol. The van der Waals surface area contributed by atoms with Gasteiger partial charge in [0.05, 0.1) is 5.69 Å². The van der Waals surface area contributed by atoms with Gasteiger partial charge in [0.2, 0.25) is 5.78 Å². The Balaban J connectivity index is 2.10. The van der Waals surface area contributed by atoms with Crippen LogP contribution >= 0.6 is 11.6 Å². The van der Waals surface area contributed by atoms with Crippen LogP contribution in [0.15, 0.2) is 48.7 Å². The van der Waals surface area contributed by atoms with Gasteiger partial charge in [-0.25, -0.2) is 0 Å². The molecule has 0 bridgehead atoms. The van der Waals surface area contributed by atoms with Gasteiger partial charge in [-0.15, -0.1) is 0 Å². The SMILES string of the molecule is O=C(/C=C/c1ccc(Cl)cc1)c1ccc[nH]1. The lowest BCUT2D eigenvalue weighted by molar-refractivity contribution is 0.104. The molecule has 0 radical (unpaired) electrons. The summed E-state index contributed by atoms with van der Waals surface area (Å²) in [7, 11) is 0. The van der Waals surface area contributed by atoms with Crippen molar-refractivity contribution in [3.63, 3.8) is 0 Å². The van der Waals surface area contributed by atoms with Gasteiger partial charge in [-0.3, -0.25) is 4.79 Å². The molecule has 1 aromatic heterocycles. The number of hydrogen-bond donors (Lipinski definition) is 1. The fourth-order valence-electron chi connectivity index (χ4n) is 1.32. The van der Waals surface area contributed by atoms with Gasteiger partial charge in [0.15, 0.2) is 0 Å². The van der Waals surface area contributed by atoms with Crippen molar-refractivity contribution >= 4 is 23.5 Å². The van der Waals surface area contributed by atoms with E-state index in [1.165, 1.54) is 6.08 Å². The van der Waals surface area contributed by atoms with Crippen LogP contribution in [0.5, 0.6) is 0 Å². The maximum Gasteiger partial charge on any atom is 0.201 e. The third-order valence-electron chi connectivity index (χ3n) is 2.16. The number of rotatable bonds is 3. The molecule has 1 aromatic carbocycles. The highest BCUT2D eigenvalue weighted by atomic mass is 35.5. The summed E-state index contributed by atoms with van der Waals surface area (Å²) in [5.74, 6) is -0.0417. The zero-order chi connectivity index (χ0) is 11.4. The molecule has 0 saturated heterocycles. The van der Waals surface area contributed by atoms with Crippen LogP contribution in [-0.4, -0.2) is 10.8 Å². The normalized spacial score (nSPS) is 10.8. The molecule has 3 heteroatoms. The summed E-state index contributed by atoms with van der Waals surface area (Å²) in [6, 6.07) is 10.8. The Hall–Kier alpha value is -1.80. The number of aromatic amines is 1. The number of allylic oxidation sites excluding steroid dienone is 1. The van der Waals surface area contributed by atoms with Gasteiger partial charge in [0, 0.05) is 11.2 Å². The smallest absolute Gasteiger partial charge is 0.201 e. The minimum atomic E-state index is -0.0417. The summed E-state index contributed by atoms with van der Waals surface area (Å²) < 4.78 is 0. The van der Waals surface area contributed by atoms with Gasteiger partial charge in [-0.2, -0.15) is 0 Å². The Kier molecular flexibility index (Phi) is 3.22. The minimum absolute atomic E-state index is 0.0417. The second kappa shape index (κ2) is 4.81. The Bertz CT molecular complexity index is 497. The fourth-order valence-corrected chi connectivity index (χ4v) is 1.45. The van der Waals surface area contributed by atoms with Crippen molar-refractivity contribution in [1.29, 1.82) is 0 Å². The van der Waals surface area contributed by atoms with Gasteiger partial charge in [0.25, 0.3) is 0 Å². The molecule has 16 heavy (non-hydrogen) atoms. The fraction of sp³-hybridized carbons (Fsp3) is 0. The Labute approximate surface area is 98.6 Å². The minimum Gasteiger partial charge on any atom is -0.359 e. The van der Waals surface area contributed by atoms with Crippen molar-refractivity contribution in [3.05, 3.63) is 65.0 Å². The van der Waals surface area contributed by atoms with Crippen LogP contribution in [0, 0.1) is 0 Å². The summed E-state index contributed by atoms with van der Waals surface area (Å²) in [6.45, 7) is 0. The average molecular weight is 232 g/mol. The summed E-state index contributed by atoms with van der Waals surface area (Å²) >= 11 is 5.76. The molecule has 0 aliphatic heterocycles. The van der Waals surface area contributed by atoms with Crippen molar-refractivity contribution < 1.29 is 4.79 Å². The zero-order valence-electron chi connectivity index (χ0n) is 8.48. The van der Waals surface area contributed by atoms with Gasteiger partial charge in [-0.05, 0) is 35.9 Å². The number of carbonyl (C=O) groups excluding carboxylic acids is 1. The van der Waals surface area contributed by atoms with E-state index in [-0.39, 0.29) is 5.78 Å². The quantitative estimate of drug-likeness (QED) is 0.636. The highest BCUT2D eigenvalue weighted by Crippen LogP contribution is 2.11. The van der Waals surface area contributed by atoms with Gasteiger partial charge in [0.1, 0.15) is 0 Å². The van der Waals surface area contributed by atoms with Crippen molar-refractivity contribution in [2.75, 3.05) is 0 Å². The number of ketones is 1. The first-order valence-electron chi connectivity index (χ1n) is 4.87. The van der Waals surface area contributed by atoms with Crippen LogP contribution in [-0.2, 0) is 0 Å². The molecule has 0 unspecified atom stereocenters. The van der Waals surface area contributed by atoms with E-state index in [0.29, 0.717) is 10.7 Å². The van der Waals surface area contributed by atoms with Gasteiger partial charge in [-0.1, -0.05) is 29.8 Å². The highest BCUT2D eigenvalue weighted by molar-refractivity contribution is 6.30. The van der Waals surface area contributed by atoms with Gasteiger partial charge < -0.3 is 4.98 Å². The Morgan fingerprint density at radius 3 is 2.56 bits per heavy atom. The lowest BCUT2D eigenvalue weighted by Gasteiger charge is -1.93. The molecule has 0 saturated carbocycles. The van der Waals surface area contributed by atoms with Crippen LogP contribution < -0.4 is 0 Å². The van der Waals surface area contributed by atoms with E-state index in [2.05, 4.69) is 4.98 Å². The first-order valence-corrected chi connectivity index (χ1v) is 5.25. The predicted octanol–water partition coefficient (Wildman–Crippen LogP) is 3.56. The zero-order valence-corrected chi connectivity index (χ0v) is 9.24. The summed E-state index contributed by atoms with van der Waals surface area (Å²) in [6.07, 6.45) is 5.03. The molecule has 2 nitrogen and oxygen atoms in total. The standard InChI is InChI=1S/C13H10ClNO/c14-11-6-3-10(4-7-11)5-8-13(16)12-2-1-9-15-12/h1-9,15H/b8-5+. The predicted molar refractivity (Wildman–Crippen MR) is 65.6 cm³/mol. The summed E-state index contributed by atoms with van der Waals surface area (Å²) in [4.78, 5) is 14.5. The molecule has 0 fully saturated rings. The number of halogens is 1. The third kappa shape index (κ3) is 2.61. The number of benzene rings is 1. The van der Waals surface area contributed by atoms with E-state index < -0.39 is 0 Å². The van der Waals surface area contributed by atoms with Crippen molar-refractivity contribution in [1.82, 2.24) is 4.98 Å². The van der Waals surface area contributed by atoms with Crippen LogP contribution in [0.3, 0.4) is 0 Å². The van der Waals surface area contributed by atoms with E-state index in [0.717, 1.165) is 5.56 Å². The second-order valence-corrected chi connectivity index (χ2v) is 3.77. The molecular formula is C13H10ClNO. The van der Waals surface area contributed by atoms with E-state index in [4.69, 9.17) is 11.6 Å². The average Bonchev–Trinajstić information content (AvgIpc) is 2.81. The lowest BCUT2D eigenvalue weighted by Crippen LogP contribution is -1.93. The van der Waals surface area contributed by atoms with E-state index in [1.54, 1.807) is 36.5 Å². The number of H-pyrrole nitrogens is 1. The lowest BCUT2D eigenvalue weighted by atomic mass is 10.2. The molecule has 0 spiro atoms. The molecule has 1 N–H and O–H groups in total. The number of carbonyl (C=O) groups is 1. The topological polar surface area (TPSA) is 32.9 Å². The summed E-state index contributed by atoms with van der Waals surface area (Å²) in [5.41, 5.74) is 1.54. The first-order chi connectivity index (χ1) is 7.75. The van der Waals surface area contributed by atoms with Crippen molar-refractivity contribution in [2.24, 2.45) is 0 Å². The van der Waals surface area contributed by atoms with Crippen LogP contribution in [0.1, 0.15) is 16.1 Å². The molecule has 0 amide bonds. The van der Waals surface area contributed by atoms with Crippen molar-refractivity contribution in [3.8, 4) is 0 Å². The van der Waals surface area contributed by atoms with Crippen LogP contribution in [0.25, 0.3) is 6.08 Å². The highest BCUT2D eigenvalue weighted by Gasteiger charge is 2.00. The summed E-state index contributed by atoms with van der Waals surface area (Å²) in [5, 5.41) is 0.688. The van der Waals surface area contributed by atoms with Crippen LogP contribution in [0.4, 0.5) is 0 Å². The molecule has 2 aromatic rings. The van der Waals surface area contributed by atoms with Crippen molar-refractivity contribution in [2.45, 2.75) is 0 Å². The van der Waals surface area contributed by atoms with Crippen LogP contribution in [0.2, 0.25) is 5.02 Å². The molecule has 0 atom stereocenters. The maximum atomic E-state index is 11.6. The Morgan fingerprint density at radius 2 is 1.94 bits per heavy atom. The van der Waals surface area contributed by atoms with E-state index in [9.17, 15) is 4.79 Å². The van der Waals surface area contributed by atoms with E-state index >= 15 is 0 Å².